The molecule has 1 aliphatic rings. The van der Waals surface area contributed by atoms with E-state index < -0.39 is 10.2 Å². The molecule has 2 aromatic rings. The normalized spacial score (nSPS) is 16.8. The van der Waals surface area contributed by atoms with Crippen molar-refractivity contribution in [2.45, 2.75) is 0 Å². The Balaban J connectivity index is 1.80. The molecule has 1 aromatic carbocycles. The Bertz CT molecular complexity index is 693. The molecule has 8 heteroatoms. The highest BCUT2D eigenvalue weighted by Gasteiger charge is 2.23. The van der Waals surface area contributed by atoms with Crippen LogP contribution in [0.4, 0.5) is 5.69 Å². The molecule has 3 rings (SSSR count). The van der Waals surface area contributed by atoms with Crippen LogP contribution in [0.15, 0.2) is 43.0 Å². The van der Waals surface area contributed by atoms with Gasteiger partial charge in [0.05, 0.1) is 12.0 Å². The van der Waals surface area contributed by atoms with Gasteiger partial charge in [0.2, 0.25) is 0 Å². The van der Waals surface area contributed by atoms with Gasteiger partial charge in [0.25, 0.3) is 0 Å². The lowest BCUT2D eigenvalue weighted by molar-refractivity contribution is 0.362. The average molecular weight is 307 g/mol. The van der Waals surface area contributed by atoms with Gasteiger partial charge in [-0.1, -0.05) is 6.07 Å². The van der Waals surface area contributed by atoms with E-state index in [0.717, 1.165) is 5.69 Å². The summed E-state index contributed by atoms with van der Waals surface area (Å²) in [4.78, 5) is 3.99. The Kier molecular flexibility index (Phi) is 3.91. The number of benzene rings is 1. The van der Waals surface area contributed by atoms with E-state index in [2.05, 4.69) is 15.0 Å². The van der Waals surface area contributed by atoms with Crippen LogP contribution in [0.3, 0.4) is 0 Å². The highest BCUT2D eigenvalue weighted by molar-refractivity contribution is 7.90. The van der Waals surface area contributed by atoms with Crippen molar-refractivity contribution in [3.05, 3.63) is 43.0 Å². The van der Waals surface area contributed by atoms with Gasteiger partial charge in [-0.2, -0.15) is 12.7 Å². The van der Waals surface area contributed by atoms with Crippen LogP contribution in [0.1, 0.15) is 0 Å². The van der Waals surface area contributed by atoms with Crippen molar-refractivity contribution >= 4 is 15.9 Å². The van der Waals surface area contributed by atoms with Crippen LogP contribution in [0.25, 0.3) is 5.69 Å². The van der Waals surface area contributed by atoms with Crippen LogP contribution in [-0.4, -0.2) is 48.5 Å². The number of imidazole rings is 1. The summed E-state index contributed by atoms with van der Waals surface area (Å²) < 4.78 is 30.5. The molecule has 0 spiro atoms. The van der Waals surface area contributed by atoms with Gasteiger partial charge in [-0.25, -0.2) is 4.98 Å². The predicted molar refractivity (Wildman–Crippen MR) is 80.5 cm³/mol. The zero-order valence-corrected chi connectivity index (χ0v) is 12.3. The Morgan fingerprint density at radius 3 is 2.76 bits per heavy atom. The molecule has 1 saturated heterocycles. The van der Waals surface area contributed by atoms with Crippen LogP contribution < -0.4 is 10.0 Å². The van der Waals surface area contributed by atoms with Crippen molar-refractivity contribution in [1.82, 2.24) is 19.2 Å². The highest BCUT2D eigenvalue weighted by Crippen LogP contribution is 2.17. The van der Waals surface area contributed by atoms with E-state index >= 15 is 0 Å². The molecule has 0 atom stereocenters. The van der Waals surface area contributed by atoms with Crippen molar-refractivity contribution in [1.29, 1.82) is 0 Å². The van der Waals surface area contributed by atoms with Gasteiger partial charge < -0.3 is 9.88 Å². The minimum atomic E-state index is -3.50. The molecule has 0 unspecified atom stereocenters. The quantitative estimate of drug-likeness (QED) is 0.859. The second-order valence-electron chi connectivity index (χ2n) is 4.78. The first-order valence-corrected chi connectivity index (χ1v) is 8.16. The lowest BCUT2D eigenvalue weighted by Gasteiger charge is -2.26. The number of nitrogens with zero attached hydrogens (tertiary/aromatic N) is 3. The van der Waals surface area contributed by atoms with Crippen LogP contribution in [0.5, 0.6) is 0 Å². The second kappa shape index (κ2) is 5.84. The number of aromatic nitrogens is 2. The topological polar surface area (TPSA) is 79.3 Å². The summed E-state index contributed by atoms with van der Waals surface area (Å²) in [6, 6.07) is 7.22. The number of hydrogen-bond donors (Lipinski definition) is 2. The summed E-state index contributed by atoms with van der Waals surface area (Å²) >= 11 is 0. The number of rotatable bonds is 4. The molecule has 1 aliphatic heterocycles. The molecule has 1 aromatic heterocycles. The van der Waals surface area contributed by atoms with E-state index in [9.17, 15) is 8.42 Å². The molecule has 0 radical (unpaired) electrons. The second-order valence-corrected chi connectivity index (χ2v) is 6.45. The Labute approximate surface area is 123 Å². The summed E-state index contributed by atoms with van der Waals surface area (Å²) in [5, 5.41) is 3.13. The number of anilines is 1. The fourth-order valence-electron chi connectivity index (χ4n) is 2.24. The first-order chi connectivity index (χ1) is 10.1. The fourth-order valence-corrected chi connectivity index (χ4v) is 3.46. The van der Waals surface area contributed by atoms with Gasteiger partial charge in [-0.3, -0.25) is 4.72 Å². The third-order valence-electron chi connectivity index (χ3n) is 3.31. The maximum Gasteiger partial charge on any atom is 0.301 e. The zero-order valence-electron chi connectivity index (χ0n) is 11.4. The van der Waals surface area contributed by atoms with Gasteiger partial charge in [0.1, 0.15) is 0 Å². The molecule has 0 saturated carbocycles. The van der Waals surface area contributed by atoms with E-state index in [1.165, 1.54) is 4.31 Å². The van der Waals surface area contributed by atoms with E-state index in [4.69, 9.17) is 0 Å². The van der Waals surface area contributed by atoms with Gasteiger partial charge in [0.15, 0.2) is 0 Å². The molecule has 0 bridgehead atoms. The highest BCUT2D eigenvalue weighted by atomic mass is 32.2. The van der Waals surface area contributed by atoms with Crippen molar-refractivity contribution in [3.63, 3.8) is 0 Å². The third kappa shape index (κ3) is 3.23. The summed E-state index contributed by atoms with van der Waals surface area (Å²) in [6.07, 6.45) is 5.16. The lowest BCUT2D eigenvalue weighted by Crippen LogP contribution is -2.48. The van der Waals surface area contributed by atoms with Crippen LogP contribution >= 0.6 is 0 Å². The summed E-state index contributed by atoms with van der Waals surface area (Å²) in [7, 11) is -3.50. The molecule has 2 N–H and O–H groups in total. The fraction of sp³-hybridized carbons (Fsp3) is 0.308. The summed E-state index contributed by atoms with van der Waals surface area (Å²) in [5.74, 6) is 0. The largest absolute Gasteiger partial charge is 0.314 e. The van der Waals surface area contributed by atoms with E-state index in [1.54, 1.807) is 24.7 Å². The number of hydrogen-bond acceptors (Lipinski definition) is 4. The lowest BCUT2D eigenvalue weighted by atomic mass is 10.3. The van der Waals surface area contributed by atoms with Crippen LogP contribution in [-0.2, 0) is 10.2 Å². The zero-order chi connectivity index (χ0) is 14.7. The minimum Gasteiger partial charge on any atom is -0.314 e. The molecule has 2 heterocycles. The van der Waals surface area contributed by atoms with Gasteiger partial charge in [-0.05, 0) is 18.2 Å². The Morgan fingerprint density at radius 1 is 1.24 bits per heavy atom. The SMILES string of the molecule is O=S(=O)(Nc1cccc(-n2ccnc2)c1)N1CCNCC1. The van der Waals surface area contributed by atoms with E-state index in [-0.39, 0.29) is 0 Å². The summed E-state index contributed by atoms with van der Waals surface area (Å²) in [6.45, 7) is 2.32. The van der Waals surface area contributed by atoms with Crippen LogP contribution in [0.2, 0.25) is 0 Å². The van der Waals surface area contributed by atoms with Crippen molar-refractivity contribution in [2.24, 2.45) is 0 Å². The third-order valence-corrected chi connectivity index (χ3v) is 4.85. The first-order valence-electron chi connectivity index (χ1n) is 6.72. The molecular formula is C13H17N5O2S. The first kappa shape index (κ1) is 14.1. The summed E-state index contributed by atoms with van der Waals surface area (Å²) in [5.41, 5.74) is 1.40. The van der Waals surface area contributed by atoms with E-state index in [0.29, 0.717) is 31.9 Å². The van der Waals surface area contributed by atoms with Gasteiger partial charge in [0, 0.05) is 44.3 Å². The van der Waals surface area contributed by atoms with Crippen molar-refractivity contribution in [2.75, 3.05) is 30.9 Å². The average Bonchev–Trinajstić information content (AvgIpc) is 3.02. The molecule has 21 heavy (non-hydrogen) atoms. The van der Waals surface area contributed by atoms with E-state index in [1.807, 2.05) is 22.9 Å². The predicted octanol–water partition coefficient (Wildman–Crippen LogP) is 0.434. The molecule has 1 fully saturated rings. The molecule has 0 amide bonds. The number of nitrogens with one attached hydrogen (secondary N) is 2. The van der Waals surface area contributed by atoms with Crippen molar-refractivity contribution in [3.8, 4) is 5.69 Å². The molecule has 7 nitrogen and oxygen atoms in total. The molecule has 112 valence electrons. The monoisotopic (exact) mass is 307 g/mol. The standard InChI is InChI=1S/C13H17N5O2S/c19-21(20,18-8-5-14-6-9-18)16-12-2-1-3-13(10-12)17-7-4-15-11-17/h1-4,7,10-11,14,16H,5-6,8-9H2. The van der Waals surface area contributed by atoms with Crippen LogP contribution in [0, 0.1) is 0 Å². The Hall–Kier alpha value is -1.90. The number of piperazine rings is 1. The van der Waals surface area contributed by atoms with Crippen molar-refractivity contribution < 1.29 is 8.42 Å². The maximum absolute atomic E-state index is 12.3. The molecular weight excluding hydrogens is 290 g/mol. The minimum absolute atomic E-state index is 0.483. The maximum atomic E-state index is 12.3. The Morgan fingerprint density at radius 2 is 2.05 bits per heavy atom. The van der Waals surface area contributed by atoms with Gasteiger partial charge >= 0.3 is 10.2 Å². The molecule has 0 aliphatic carbocycles. The smallest absolute Gasteiger partial charge is 0.301 e. The van der Waals surface area contributed by atoms with Gasteiger partial charge in [-0.15, -0.1) is 0 Å².